The van der Waals surface area contributed by atoms with E-state index in [1.807, 2.05) is 41.8 Å². The van der Waals surface area contributed by atoms with E-state index in [0.717, 1.165) is 24.2 Å². The van der Waals surface area contributed by atoms with Crippen molar-refractivity contribution in [2.24, 2.45) is 14.1 Å². The van der Waals surface area contributed by atoms with Crippen LogP contribution < -0.4 is 20.6 Å². The number of rotatable bonds is 14. The molecule has 356 valence electrons. The summed E-state index contributed by atoms with van der Waals surface area (Å²) in [6.07, 6.45) is 3.09. The fourth-order valence-electron chi connectivity index (χ4n) is 8.19. The molecule has 6 aromatic rings. The lowest BCUT2D eigenvalue weighted by Gasteiger charge is -2.31. The first-order valence-electron chi connectivity index (χ1n) is 22.4. The Bertz CT molecular complexity index is 2850. The number of hydrogen-bond donors (Lipinski definition) is 2. The highest BCUT2D eigenvalue weighted by Gasteiger charge is 2.31. The van der Waals surface area contributed by atoms with E-state index >= 15 is 0 Å². The molecule has 66 heavy (non-hydrogen) atoms. The fourth-order valence-corrected chi connectivity index (χ4v) is 11.1. The number of ether oxygens (including phenoxy) is 2. The van der Waals surface area contributed by atoms with Crippen LogP contribution in [0.3, 0.4) is 0 Å². The molecule has 4 aromatic heterocycles. The third-order valence-corrected chi connectivity index (χ3v) is 15.5. The molecule has 0 bridgehead atoms. The van der Waals surface area contributed by atoms with Crippen LogP contribution in [0, 0.1) is 0 Å². The van der Waals surface area contributed by atoms with Crippen LogP contribution in [0.5, 0.6) is 11.5 Å². The van der Waals surface area contributed by atoms with Gasteiger partial charge in [0.2, 0.25) is 20.0 Å². The maximum atomic E-state index is 13.3. The molecule has 0 amide bonds. The van der Waals surface area contributed by atoms with Gasteiger partial charge in [-0.05, 0) is 77.2 Å². The summed E-state index contributed by atoms with van der Waals surface area (Å²) >= 11 is 0. The van der Waals surface area contributed by atoms with E-state index in [2.05, 4.69) is 30.0 Å². The van der Waals surface area contributed by atoms with Crippen LogP contribution in [0.1, 0.15) is 51.9 Å². The van der Waals surface area contributed by atoms with Crippen molar-refractivity contribution in [1.29, 1.82) is 0 Å². The molecule has 0 unspecified atom stereocenters. The van der Waals surface area contributed by atoms with Crippen LogP contribution in [-0.2, 0) is 47.0 Å². The van der Waals surface area contributed by atoms with E-state index in [0.29, 0.717) is 123 Å². The highest BCUT2D eigenvalue weighted by Crippen LogP contribution is 2.34. The van der Waals surface area contributed by atoms with Gasteiger partial charge in [-0.3, -0.25) is 19.0 Å². The van der Waals surface area contributed by atoms with Gasteiger partial charge in [-0.1, -0.05) is 26.7 Å². The van der Waals surface area contributed by atoms with E-state index in [-0.39, 0.29) is 32.6 Å². The summed E-state index contributed by atoms with van der Waals surface area (Å²) in [5, 5.41) is 8.91. The molecule has 6 heterocycles. The Morgan fingerprint density at radius 3 is 1.26 bits per heavy atom. The first-order valence-corrected chi connectivity index (χ1v) is 25.2. The van der Waals surface area contributed by atoms with E-state index in [4.69, 9.17) is 19.4 Å². The van der Waals surface area contributed by atoms with Crippen molar-refractivity contribution in [3.05, 3.63) is 68.5 Å². The summed E-state index contributed by atoms with van der Waals surface area (Å²) in [6.45, 7) is 13.0. The lowest BCUT2D eigenvalue weighted by molar-refractivity contribution is 0.222. The summed E-state index contributed by atoms with van der Waals surface area (Å²) in [4.78, 5) is 45.3. The summed E-state index contributed by atoms with van der Waals surface area (Å²) in [5.74, 6) is 1.44. The van der Waals surface area contributed by atoms with Crippen molar-refractivity contribution in [2.75, 3.05) is 79.7 Å². The number of hydrogen-bond acceptors (Lipinski definition) is 14. The lowest BCUT2D eigenvalue weighted by Crippen LogP contribution is -2.47. The number of fused-ring (bicyclic) bond motifs is 2. The molecule has 2 N–H and O–H groups in total. The van der Waals surface area contributed by atoms with Gasteiger partial charge in [-0.15, -0.1) is 0 Å². The normalized spacial score (nSPS) is 15.9. The standard InChI is InChI=1S/2C22H30N6O4S/c2*1-5-7-17-19-20(27(4)25-17)22(29)24-21(23-19)16-14-15(8-9-18(16)32-6-2)33(30,31)28-12-10-26(3)11-13-28/h2*8-9,14H,5-7,10-13H2,1-4H3,(H,23,24,29). The minimum absolute atomic E-state index is 0.147. The van der Waals surface area contributed by atoms with Crippen molar-refractivity contribution in [2.45, 2.75) is 63.2 Å². The van der Waals surface area contributed by atoms with Gasteiger partial charge in [0.15, 0.2) is 11.0 Å². The van der Waals surface area contributed by atoms with Crippen molar-refractivity contribution in [3.63, 3.8) is 0 Å². The van der Waals surface area contributed by atoms with Crippen LogP contribution in [0.2, 0.25) is 0 Å². The predicted molar refractivity (Wildman–Crippen MR) is 252 cm³/mol. The smallest absolute Gasteiger partial charge is 0.277 e. The molecule has 2 saturated heterocycles. The average molecular weight is 949 g/mol. The van der Waals surface area contributed by atoms with Gasteiger partial charge >= 0.3 is 0 Å². The third-order valence-electron chi connectivity index (χ3n) is 11.7. The minimum atomic E-state index is -3.70. The number of sulfonamides is 2. The molecule has 2 aliphatic rings. The number of aromatic amines is 2. The van der Waals surface area contributed by atoms with Gasteiger partial charge in [-0.25, -0.2) is 26.8 Å². The second-order valence-electron chi connectivity index (χ2n) is 16.5. The maximum absolute atomic E-state index is 13.3. The van der Waals surface area contributed by atoms with Crippen molar-refractivity contribution in [1.82, 2.24) is 57.9 Å². The topological polar surface area (TPSA) is 227 Å². The molecule has 22 heteroatoms. The van der Waals surface area contributed by atoms with E-state index < -0.39 is 20.0 Å². The lowest BCUT2D eigenvalue weighted by atomic mass is 10.1. The number of aromatic nitrogens is 8. The second-order valence-corrected chi connectivity index (χ2v) is 20.3. The van der Waals surface area contributed by atoms with Gasteiger partial charge in [0, 0.05) is 66.5 Å². The molecule has 20 nitrogen and oxygen atoms in total. The number of H-pyrrole nitrogens is 2. The highest BCUT2D eigenvalue weighted by molar-refractivity contribution is 7.89. The largest absolute Gasteiger partial charge is 0.493 e. The molecule has 0 saturated carbocycles. The molecular formula is C44H60N12O8S2. The van der Waals surface area contributed by atoms with Crippen LogP contribution in [-0.4, -0.2) is 154 Å². The molecular weight excluding hydrogens is 889 g/mol. The molecule has 2 aliphatic heterocycles. The second kappa shape index (κ2) is 20.1. The molecule has 0 aliphatic carbocycles. The number of nitrogens with one attached hydrogen (secondary N) is 2. The van der Waals surface area contributed by atoms with E-state index in [1.165, 1.54) is 18.0 Å². The number of piperazine rings is 2. The first kappa shape index (κ1) is 48.4. The monoisotopic (exact) mass is 948 g/mol. The summed E-state index contributed by atoms with van der Waals surface area (Å²) in [5.41, 5.74) is 3.49. The molecule has 2 aromatic carbocycles. The quantitative estimate of drug-likeness (QED) is 0.160. The fraction of sp³-hybridized carbons (Fsp3) is 0.500. The Balaban J connectivity index is 0.000000196. The first-order chi connectivity index (χ1) is 31.5. The SMILES string of the molecule is CCCc1nn(C)c2c(=O)[nH]c(-c3cc(S(=O)(=O)N4CCN(C)CC4)ccc3OCC)nc12.CCCc1nn(C)c2c(=O)[nH]c(-c3cc(S(=O)(=O)N4CCN(C)CC4)ccc3OCC)nc12. The van der Waals surface area contributed by atoms with Gasteiger partial charge < -0.3 is 29.2 Å². The molecule has 2 fully saturated rings. The Morgan fingerprint density at radius 1 is 0.561 bits per heavy atom. The summed E-state index contributed by atoms with van der Waals surface area (Å²) < 4.78 is 70.9. The van der Waals surface area contributed by atoms with Gasteiger partial charge in [-0.2, -0.15) is 18.8 Å². The molecule has 0 radical (unpaired) electrons. The number of benzene rings is 2. The van der Waals surface area contributed by atoms with Crippen molar-refractivity contribution < 1.29 is 26.3 Å². The van der Waals surface area contributed by atoms with Crippen LogP contribution in [0.15, 0.2) is 55.8 Å². The molecule has 0 spiro atoms. The van der Waals surface area contributed by atoms with Gasteiger partial charge in [0.05, 0.1) is 45.5 Å². The summed E-state index contributed by atoms with van der Waals surface area (Å²) in [6, 6.07) is 9.43. The van der Waals surface area contributed by atoms with E-state index in [1.54, 1.807) is 50.5 Å². The Hall–Kier alpha value is -5.52. The average Bonchev–Trinajstić information content (AvgIpc) is 3.79. The highest BCUT2D eigenvalue weighted by atomic mass is 32.2. The number of likely N-dealkylation sites (N-methyl/N-ethyl adjacent to an activating group) is 2. The van der Waals surface area contributed by atoms with Gasteiger partial charge in [0.25, 0.3) is 11.1 Å². The number of nitrogens with zero attached hydrogens (tertiary/aromatic N) is 10. The molecule has 0 atom stereocenters. The Morgan fingerprint density at radius 2 is 0.924 bits per heavy atom. The zero-order valence-electron chi connectivity index (χ0n) is 38.9. The van der Waals surface area contributed by atoms with E-state index in [9.17, 15) is 26.4 Å². The van der Waals surface area contributed by atoms with Crippen molar-refractivity contribution >= 4 is 42.1 Å². The predicted octanol–water partition coefficient (Wildman–Crippen LogP) is 3.22. The molecule has 8 rings (SSSR count). The van der Waals surface area contributed by atoms with Crippen LogP contribution in [0.4, 0.5) is 0 Å². The maximum Gasteiger partial charge on any atom is 0.277 e. The van der Waals surface area contributed by atoms with Crippen LogP contribution in [0.25, 0.3) is 44.8 Å². The Labute approximate surface area is 384 Å². The zero-order chi connectivity index (χ0) is 47.5. The third kappa shape index (κ3) is 9.79. The van der Waals surface area contributed by atoms with Crippen molar-refractivity contribution in [3.8, 4) is 34.3 Å². The van der Waals surface area contributed by atoms with Gasteiger partial charge in [0.1, 0.15) is 34.2 Å². The summed E-state index contributed by atoms with van der Waals surface area (Å²) in [7, 11) is -0.0166. The Kier molecular flexibility index (Phi) is 14.8. The number of aryl methyl sites for hydroxylation is 4. The van der Waals surface area contributed by atoms with Crippen LogP contribution >= 0.6 is 0 Å². The minimum Gasteiger partial charge on any atom is -0.493 e. The zero-order valence-corrected chi connectivity index (χ0v) is 40.6.